The van der Waals surface area contributed by atoms with Crippen LogP contribution >= 0.6 is 0 Å². The molecule has 4 atom stereocenters. The van der Waals surface area contributed by atoms with Gasteiger partial charge < -0.3 is 10.6 Å². The second-order valence-corrected chi connectivity index (χ2v) is 5.89. The zero-order valence-corrected chi connectivity index (χ0v) is 10.6. The van der Waals surface area contributed by atoms with E-state index in [1.54, 1.807) is 0 Å². The maximum absolute atomic E-state index is 12.2. The zero-order valence-electron chi connectivity index (χ0n) is 10.6. The van der Waals surface area contributed by atoms with Gasteiger partial charge in [-0.05, 0) is 38.3 Å². The third-order valence-corrected chi connectivity index (χ3v) is 4.79. The van der Waals surface area contributed by atoms with Crippen LogP contribution in [0.25, 0.3) is 0 Å². The summed E-state index contributed by atoms with van der Waals surface area (Å²) in [6.07, 6.45) is 3.72. The van der Waals surface area contributed by atoms with Gasteiger partial charge in [-0.3, -0.25) is 9.69 Å². The van der Waals surface area contributed by atoms with Crippen molar-refractivity contribution in [2.75, 3.05) is 26.2 Å². The number of nitrogens with one attached hydrogen (secondary N) is 2. The summed E-state index contributed by atoms with van der Waals surface area (Å²) in [4.78, 5) is 14.8. The van der Waals surface area contributed by atoms with Gasteiger partial charge in [-0.1, -0.05) is 6.92 Å². The first kappa shape index (κ1) is 11.5. The van der Waals surface area contributed by atoms with Gasteiger partial charge in [0.15, 0.2) is 0 Å². The SMILES string of the molecule is C[C@@H]1CNC[C@H]1C(=O)NC1CCN2CCCC12. The van der Waals surface area contributed by atoms with Gasteiger partial charge in [-0.25, -0.2) is 0 Å². The summed E-state index contributed by atoms with van der Waals surface area (Å²) in [5, 5.41) is 6.61. The number of rotatable bonds is 2. The van der Waals surface area contributed by atoms with E-state index in [9.17, 15) is 4.79 Å². The van der Waals surface area contributed by atoms with Gasteiger partial charge >= 0.3 is 0 Å². The zero-order chi connectivity index (χ0) is 11.8. The highest BCUT2D eigenvalue weighted by atomic mass is 16.2. The predicted octanol–water partition coefficient (Wildman–Crippen LogP) is 0.195. The molecule has 3 saturated heterocycles. The van der Waals surface area contributed by atoms with Crippen LogP contribution in [0.5, 0.6) is 0 Å². The maximum Gasteiger partial charge on any atom is 0.224 e. The van der Waals surface area contributed by atoms with E-state index in [2.05, 4.69) is 22.5 Å². The van der Waals surface area contributed by atoms with Crippen LogP contribution in [0.15, 0.2) is 0 Å². The van der Waals surface area contributed by atoms with Gasteiger partial charge in [0.05, 0.1) is 5.92 Å². The number of fused-ring (bicyclic) bond motifs is 1. The summed E-state index contributed by atoms with van der Waals surface area (Å²) in [5.41, 5.74) is 0. The van der Waals surface area contributed by atoms with Crippen LogP contribution in [0, 0.1) is 11.8 Å². The molecule has 4 heteroatoms. The van der Waals surface area contributed by atoms with Gasteiger partial charge in [-0.2, -0.15) is 0 Å². The topological polar surface area (TPSA) is 44.4 Å². The van der Waals surface area contributed by atoms with E-state index in [-0.39, 0.29) is 11.8 Å². The van der Waals surface area contributed by atoms with Crippen molar-refractivity contribution in [1.82, 2.24) is 15.5 Å². The van der Waals surface area contributed by atoms with Crippen molar-refractivity contribution in [3.8, 4) is 0 Å². The van der Waals surface area contributed by atoms with Gasteiger partial charge in [0.2, 0.25) is 5.91 Å². The standard InChI is InChI=1S/C13H23N3O/c1-9-7-14-8-10(9)13(17)15-11-4-6-16-5-2-3-12(11)16/h9-12,14H,2-8H2,1H3,(H,15,17)/t9-,10-,11?,12?/m1/s1. The molecule has 0 bridgehead atoms. The Morgan fingerprint density at radius 2 is 2.18 bits per heavy atom. The Morgan fingerprint density at radius 1 is 1.29 bits per heavy atom. The fourth-order valence-electron chi connectivity index (χ4n) is 3.70. The molecule has 4 nitrogen and oxygen atoms in total. The van der Waals surface area contributed by atoms with Crippen LogP contribution in [0.4, 0.5) is 0 Å². The fourth-order valence-corrected chi connectivity index (χ4v) is 3.70. The first-order valence-corrected chi connectivity index (χ1v) is 7.01. The maximum atomic E-state index is 12.2. The molecular formula is C13H23N3O. The molecule has 1 amide bonds. The highest BCUT2D eigenvalue weighted by Gasteiger charge is 2.39. The van der Waals surface area contributed by atoms with E-state index < -0.39 is 0 Å². The molecule has 2 unspecified atom stereocenters. The number of hydrogen-bond donors (Lipinski definition) is 2. The van der Waals surface area contributed by atoms with Crippen molar-refractivity contribution < 1.29 is 4.79 Å². The molecule has 0 saturated carbocycles. The monoisotopic (exact) mass is 237 g/mol. The third-order valence-electron chi connectivity index (χ3n) is 4.79. The first-order chi connectivity index (χ1) is 8.25. The lowest BCUT2D eigenvalue weighted by Crippen LogP contribution is -2.46. The average Bonchev–Trinajstić information content (AvgIpc) is 2.96. The molecule has 3 heterocycles. The number of hydrogen-bond acceptors (Lipinski definition) is 3. The average molecular weight is 237 g/mol. The van der Waals surface area contributed by atoms with Gasteiger partial charge in [0.1, 0.15) is 0 Å². The molecule has 3 fully saturated rings. The molecule has 3 aliphatic heterocycles. The molecule has 17 heavy (non-hydrogen) atoms. The lowest BCUT2D eigenvalue weighted by atomic mass is 9.96. The number of amides is 1. The second-order valence-electron chi connectivity index (χ2n) is 5.89. The van der Waals surface area contributed by atoms with Crippen molar-refractivity contribution in [1.29, 1.82) is 0 Å². The van der Waals surface area contributed by atoms with E-state index >= 15 is 0 Å². The molecule has 0 aromatic rings. The quantitative estimate of drug-likeness (QED) is 0.721. The minimum absolute atomic E-state index is 0.186. The van der Waals surface area contributed by atoms with Gasteiger partial charge in [-0.15, -0.1) is 0 Å². The molecular weight excluding hydrogens is 214 g/mol. The van der Waals surface area contributed by atoms with E-state index in [0.29, 0.717) is 18.0 Å². The lowest BCUT2D eigenvalue weighted by Gasteiger charge is -2.23. The van der Waals surface area contributed by atoms with Crippen molar-refractivity contribution in [2.24, 2.45) is 11.8 Å². The Labute approximate surface area is 103 Å². The highest BCUT2D eigenvalue weighted by Crippen LogP contribution is 2.28. The van der Waals surface area contributed by atoms with Crippen LogP contribution < -0.4 is 10.6 Å². The largest absolute Gasteiger partial charge is 0.351 e. The van der Waals surface area contributed by atoms with Gasteiger partial charge in [0.25, 0.3) is 0 Å². The minimum atomic E-state index is 0.186. The van der Waals surface area contributed by atoms with Crippen molar-refractivity contribution in [2.45, 2.75) is 38.3 Å². The van der Waals surface area contributed by atoms with Crippen molar-refractivity contribution in [3.63, 3.8) is 0 Å². The predicted molar refractivity (Wildman–Crippen MR) is 66.7 cm³/mol. The highest BCUT2D eigenvalue weighted by molar-refractivity contribution is 5.80. The van der Waals surface area contributed by atoms with Crippen LogP contribution in [0.1, 0.15) is 26.2 Å². The number of nitrogens with zero attached hydrogens (tertiary/aromatic N) is 1. The molecule has 0 aromatic carbocycles. The summed E-state index contributed by atoms with van der Waals surface area (Å²) in [6, 6.07) is 1.04. The van der Waals surface area contributed by atoms with Gasteiger partial charge in [0, 0.05) is 25.2 Å². The second kappa shape index (κ2) is 4.58. The summed E-state index contributed by atoms with van der Waals surface area (Å²) >= 11 is 0. The molecule has 0 spiro atoms. The Bertz CT molecular complexity index is 307. The first-order valence-electron chi connectivity index (χ1n) is 7.01. The molecule has 0 radical (unpaired) electrons. The normalized spacial score (nSPS) is 41.7. The van der Waals surface area contributed by atoms with Crippen LogP contribution in [-0.4, -0.2) is 49.1 Å². The number of carbonyl (C=O) groups excluding carboxylic acids is 1. The number of carbonyl (C=O) groups is 1. The Kier molecular flexibility index (Phi) is 3.09. The summed E-state index contributed by atoms with van der Waals surface area (Å²) in [5.74, 6) is 0.947. The Morgan fingerprint density at radius 3 is 2.94 bits per heavy atom. The smallest absolute Gasteiger partial charge is 0.224 e. The molecule has 2 N–H and O–H groups in total. The van der Waals surface area contributed by atoms with E-state index in [1.807, 2.05) is 0 Å². The molecule has 0 aromatic heterocycles. The summed E-state index contributed by atoms with van der Waals surface area (Å²) in [6.45, 7) is 6.42. The van der Waals surface area contributed by atoms with E-state index in [0.717, 1.165) is 19.5 Å². The third kappa shape index (κ3) is 2.08. The Balaban J connectivity index is 1.58. The van der Waals surface area contributed by atoms with Crippen molar-refractivity contribution >= 4 is 5.91 Å². The fraction of sp³-hybridized carbons (Fsp3) is 0.923. The summed E-state index contributed by atoms with van der Waals surface area (Å²) < 4.78 is 0. The van der Waals surface area contributed by atoms with E-state index in [4.69, 9.17) is 0 Å². The van der Waals surface area contributed by atoms with Crippen LogP contribution in [-0.2, 0) is 4.79 Å². The van der Waals surface area contributed by atoms with Crippen LogP contribution in [0.3, 0.4) is 0 Å². The van der Waals surface area contributed by atoms with E-state index in [1.165, 1.54) is 25.9 Å². The molecule has 0 aliphatic carbocycles. The minimum Gasteiger partial charge on any atom is -0.351 e. The Hall–Kier alpha value is -0.610. The van der Waals surface area contributed by atoms with Crippen molar-refractivity contribution in [3.05, 3.63) is 0 Å². The molecule has 96 valence electrons. The lowest BCUT2D eigenvalue weighted by molar-refractivity contribution is -0.126. The van der Waals surface area contributed by atoms with Crippen LogP contribution in [0.2, 0.25) is 0 Å². The molecule has 3 aliphatic rings. The summed E-state index contributed by atoms with van der Waals surface area (Å²) in [7, 11) is 0. The molecule has 3 rings (SSSR count).